The molecule has 1 N–H and O–H groups in total. The van der Waals surface area contributed by atoms with Gasteiger partial charge in [-0.15, -0.1) is 0 Å². The normalized spacial score (nSPS) is 18.2. The third-order valence-electron chi connectivity index (χ3n) is 5.86. The highest BCUT2D eigenvalue weighted by Gasteiger charge is 2.38. The zero-order valence-electron chi connectivity index (χ0n) is 14.7. The van der Waals surface area contributed by atoms with Crippen LogP contribution in [0.3, 0.4) is 0 Å². The van der Waals surface area contributed by atoms with Gasteiger partial charge in [-0.1, -0.05) is 55.0 Å². The minimum Gasteiger partial charge on any atom is -0.362 e. The van der Waals surface area contributed by atoms with Crippen molar-refractivity contribution >= 4 is 11.6 Å². The van der Waals surface area contributed by atoms with Gasteiger partial charge in [0.2, 0.25) is 5.91 Å². The van der Waals surface area contributed by atoms with Gasteiger partial charge in [0.25, 0.3) is 0 Å². The van der Waals surface area contributed by atoms with E-state index >= 15 is 0 Å². The van der Waals surface area contributed by atoms with Crippen LogP contribution in [0.4, 0.5) is 5.69 Å². The molecule has 3 nitrogen and oxygen atoms in total. The molecule has 0 radical (unpaired) electrons. The smallest absolute Gasteiger partial charge is 0.239 e. The Morgan fingerprint density at radius 3 is 2.52 bits per heavy atom. The van der Waals surface area contributed by atoms with Gasteiger partial charge in [0.05, 0.1) is 6.54 Å². The van der Waals surface area contributed by atoms with Crippen molar-refractivity contribution in [3.05, 3.63) is 65.7 Å². The minimum atomic E-state index is 0.138. The van der Waals surface area contributed by atoms with E-state index in [9.17, 15) is 4.79 Å². The molecule has 25 heavy (non-hydrogen) atoms. The van der Waals surface area contributed by atoms with E-state index in [0.717, 1.165) is 25.9 Å². The number of nitrogens with one attached hydrogen (secondary N) is 1. The predicted octanol–water partition coefficient (Wildman–Crippen LogP) is 3.68. The predicted molar refractivity (Wildman–Crippen MR) is 102 cm³/mol. The van der Waals surface area contributed by atoms with Gasteiger partial charge in [-0.25, -0.2) is 0 Å². The zero-order valence-corrected chi connectivity index (χ0v) is 14.7. The summed E-state index contributed by atoms with van der Waals surface area (Å²) in [6.45, 7) is 2.18. The van der Waals surface area contributed by atoms with E-state index in [1.807, 2.05) is 0 Å². The fourth-order valence-corrected chi connectivity index (χ4v) is 4.24. The summed E-state index contributed by atoms with van der Waals surface area (Å²) in [5.41, 5.74) is 4.10. The van der Waals surface area contributed by atoms with E-state index < -0.39 is 0 Å². The lowest BCUT2D eigenvalue weighted by Gasteiger charge is -2.43. The van der Waals surface area contributed by atoms with E-state index in [-0.39, 0.29) is 11.3 Å². The van der Waals surface area contributed by atoms with Crippen molar-refractivity contribution < 1.29 is 4.79 Å². The third-order valence-corrected chi connectivity index (χ3v) is 5.86. The number of anilines is 1. The molecule has 0 saturated heterocycles. The van der Waals surface area contributed by atoms with E-state index in [1.54, 1.807) is 0 Å². The molecular formula is C22H26N2O. The quantitative estimate of drug-likeness (QED) is 0.905. The number of rotatable bonds is 5. The maximum Gasteiger partial charge on any atom is 0.239 e. The van der Waals surface area contributed by atoms with E-state index in [4.69, 9.17) is 0 Å². The topological polar surface area (TPSA) is 32.3 Å². The number of carbonyl (C=O) groups excluding carboxylic acids is 1. The monoisotopic (exact) mass is 334 g/mol. The largest absolute Gasteiger partial charge is 0.362 e. The van der Waals surface area contributed by atoms with Crippen LogP contribution in [0.25, 0.3) is 0 Å². The zero-order chi connectivity index (χ0) is 17.1. The molecule has 0 atom stereocenters. The highest BCUT2D eigenvalue weighted by Crippen LogP contribution is 2.43. The molecule has 1 amide bonds. The first-order valence-electron chi connectivity index (χ1n) is 9.42. The summed E-state index contributed by atoms with van der Waals surface area (Å²) in [4.78, 5) is 14.8. The Morgan fingerprint density at radius 2 is 1.76 bits per heavy atom. The molecule has 0 bridgehead atoms. The first kappa shape index (κ1) is 16.2. The highest BCUT2D eigenvalue weighted by atomic mass is 16.2. The summed E-state index contributed by atoms with van der Waals surface area (Å²) < 4.78 is 0. The average Bonchev–Trinajstić information content (AvgIpc) is 2.62. The van der Waals surface area contributed by atoms with Gasteiger partial charge in [0, 0.05) is 24.2 Å². The Kier molecular flexibility index (Phi) is 4.48. The van der Waals surface area contributed by atoms with Crippen molar-refractivity contribution in [3.8, 4) is 0 Å². The van der Waals surface area contributed by atoms with Gasteiger partial charge in [0.1, 0.15) is 0 Å². The van der Waals surface area contributed by atoms with Gasteiger partial charge in [-0.2, -0.15) is 0 Å². The van der Waals surface area contributed by atoms with Crippen LogP contribution in [0.15, 0.2) is 54.6 Å². The van der Waals surface area contributed by atoms with Gasteiger partial charge < -0.3 is 10.2 Å². The van der Waals surface area contributed by atoms with Crippen molar-refractivity contribution in [3.63, 3.8) is 0 Å². The van der Waals surface area contributed by atoms with Crippen molar-refractivity contribution in [2.75, 3.05) is 24.5 Å². The van der Waals surface area contributed by atoms with Crippen LogP contribution in [0, 0.1) is 0 Å². The van der Waals surface area contributed by atoms with Gasteiger partial charge >= 0.3 is 0 Å². The molecule has 1 heterocycles. The second-order valence-corrected chi connectivity index (χ2v) is 7.43. The molecule has 130 valence electrons. The number of nitrogens with zero attached hydrogens (tertiary/aromatic N) is 1. The van der Waals surface area contributed by atoms with Crippen LogP contribution < -0.4 is 10.2 Å². The Labute approximate surface area is 150 Å². The van der Waals surface area contributed by atoms with E-state index in [2.05, 4.69) is 64.8 Å². The minimum absolute atomic E-state index is 0.138. The molecule has 1 saturated carbocycles. The molecule has 2 aliphatic rings. The Morgan fingerprint density at radius 1 is 1.00 bits per heavy atom. The summed E-state index contributed by atoms with van der Waals surface area (Å²) in [6.07, 6.45) is 5.83. The Balaban J connectivity index is 1.39. The molecule has 0 spiro atoms. The lowest BCUT2D eigenvalue weighted by molar-refractivity contribution is -0.120. The molecule has 0 unspecified atom stereocenters. The van der Waals surface area contributed by atoms with E-state index in [1.165, 1.54) is 36.1 Å². The molecule has 1 aliphatic heterocycles. The van der Waals surface area contributed by atoms with Crippen LogP contribution in [0.5, 0.6) is 0 Å². The molecule has 3 heteroatoms. The average molecular weight is 334 g/mol. The lowest BCUT2D eigenvalue weighted by Crippen LogP contribution is -2.48. The summed E-state index contributed by atoms with van der Waals surface area (Å²) in [7, 11) is 0. The first-order chi connectivity index (χ1) is 12.3. The molecule has 4 rings (SSSR count). The second kappa shape index (κ2) is 6.91. The number of fused-ring (bicyclic) bond motifs is 1. The summed E-state index contributed by atoms with van der Waals surface area (Å²) in [5, 5.41) is 3.22. The number of benzene rings is 2. The highest BCUT2D eigenvalue weighted by molar-refractivity contribution is 5.82. The van der Waals surface area contributed by atoms with Crippen LogP contribution in [-0.4, -0.2) is 25.5 Å². The number of hydrogen-bond acceptors (Lipinski definition) is 2. The molecule has 1 fully saturated rings. The third kappa shape index (κ3) is 3.28. The van der Waals surface area contributed by atoms with E-state index in [0.29, 0.717) is 6.54 Å². The number of hydrogen-bond donors (Lipinski definition) is 1. The summed E-state index contributed by atoms with van der Waals surface area (Å²) >= 11 is 0. The molecular weight excluding hydrogens is 308 g/mol. The molecule has 0 aromatic heterocycles. The maximum absolute atomic E-state index is 12.6. The SMILES string of the molecule is O=C(CN1CCCc2ccccc21)NCC1(c2ccccc2)CCC1. The fourth-order valence-electron chi connectivity index (χ4n) is 4.24. The number of aryl methyl sites for hydroxylation is 1. The Hall–Kier alpha value is -2.29. The van der Waals surface area contributed by atoms with Crippen LogP contribution >= 0.6 is 0 Å². The fraction of sp³-hybridized carbons (Fsp3) is 0.409. The van der Waals surface area contributed by atoms with Gasteiger partial charge in [-0.3, -0.25) is 4.79 Å². The first-order valence-corrected chi connectivity index (χ1v) is 9.42. The van der Waals surface area contributed by atoms with Crippen LogP contribution in [-0.2, 0) is 16.6 Å². The lowest BCUT2D eigenvalue weighted by atomic mass is 9.64. The number of amides is 1. The van der Waals surface area contributed by atoms with Crippen molar-refractivity contribution in [1.29, 1.82) is 0 Å². The van der Waals surface area contributed by atoms with Gasteiger partial charge in [0.15, 0.2) is 0 Å². The maximum atomic E-state index is 12.6. The Bertz CT molecular complexity index is 737. The van der Waals surface area contributed by atoms with Crippen molar-refractivity contribution in [2.45, 2.75) is 37.5 Å². The molecule has 2 aromatic carbocycles. The molecule has 2 aromatic rings. The van der Waals surface area contributed by atoms with Crippen LogP contribution in [0.2, 0.25) is 0 Å². The standard InChI is InChI=1S/C22H26N2O/c25-21(16-24-15-6-9-18-8-4-5-12-20(18)24)23-17-22(13-7-14-22)19-10-2-1-3-11-19/h1-5,8,10-12H,6-7,9,13-17H2,(H,23,25). The second-order valence-electron chi connectivity index (χ2n) is 7.43. The summed E-state index contributed by atoms with van der Waals surface area (Å²) in [5.74, 6) is 0.138. The number of carbonyl (C=O) groups is 1. The molecule has 1 aliphatic carbocycles. The summed E-state index contributed by atoms with van der Waals surface area (Å²) in [6, 6.07) is 19.1. The van der Waals surface area contributed by atoms with Crippen molar-refractivity contribution in [2.24, 2.45) is 0 Å². The van der Waals surface area contributed by atoms with Crippen LogP contribution in [0.1, 0.15) is 36.8 Å². The van der Waals surface area contributed by atoms with Crippen molar-refractivity contribution in [1.82, 2.24) is 5.32 Å². The van der Waals surface area contributed by atoms with Gasteiger partial charge in [-0.05, 0) is 42.9 Å². The number of para-hydroxylation sites is 1.